The fourth-order valence-electron chi connectivity index (χ4n) is 2.08. The van der Waals surface area contributed by atoms with Gasteiger partial charge in [0.05, 0.1) is 17.0 Å². The average molecular weight is 307 g/mol. The van der Waals surface area contributed by atoms with Gasteiger partial charge in [-0.2, -0.15) is 0 Å². The SMILES string of the molecule is CCCS(=O)(=O)c1ccc(NCCCn2ccnc2)cc1. The maximum absolute atomic E-state index is 11.9. The predicted octanol–water partition coefficient (Wildman–Crippen LogP) is 2.57. The Bertz CT molecular complexity index is 634. The first-order chi connectivity index (χ1) is 10.1. The summed E-state index contributed by atoms with van der Waals surface area (Å²) in [6.45, 7) is 3.61. The number of hydrogen-bond acceptors (Lipinski definition) is 4. The van der Waals surface area contributed by atoms with E-state index in [2.05, 4.69) is 10.3 Å². The Balaban J connectivity index is 1.82. The van der Waals surface area contributed by atoms with Gasteiger partial charge >= 0.3 is 0 Å². The highest BCUT2D eigenvalue weighted by Crippen LogP contribution is 2.16. The molecule has 0 saturated heterocycles. The first kappa shape index (κ1) is 15.6. The van der Waals surface area contributed by atoms with Crippen LogP contribution in [0, 0.1) is 0 Å². The van der Waals surface area contributed by atoms with Crippen LogP contribution in [0.2, 0.25) is 0 Å². The number of benzene rings is 1. The molecule has 0 aliphatic rings. The van der Waals surface area contributed by atoms with Crippen molar-refractivity contribution in [3.05, 3.63) is 43.0 Å². The third kappa shape index (κ3) is 4.60. The molecule has 114 valence electrons. The number of aryl methyl sites for hydroxylation is 1. The van der Waals surface area contributed by atoms with Crippen LogP contribution in [0.5, 0.6) is 0 Å². The van der Waals surface area contributed by atoms with Crippen LogP contribution in [0.3, 0.4) is 0 Å². The second kappa shape index (κ2) is 7.26. The van der Waals surface area contributed by atoms with Crippen LogP contribution < -0.4 is 5.32 Å². The predicted molar refractivity (Wildman–Crippen MR) is 84.1 cm³/mol. The number of sulfone groups is 1. The summed E-state index contributed by atoms with van der Waals surface area (Å²) in [4.78, 5) is 4.39. The second-order valence-electron chi connectivity index (χ2n) is 4.92. The van der Waals surface area contributed by atoms with E-state index in [-0.39, 0.29) is 5.75 Å². The smallest absolute Gasteiger partial charge is 0.178 e. The van der Waals surface area contributed by atoms with Gasteiger partial charge in [0.25, 0.3) is 0 Å². The minimum Gasteiger partial charge on any atom is -0.385 e. The molecule has 0 amide bonds. The van der Waals surface area contributed by atoms with E-state index < -0.39 is 9.84 Å². The fraction of sp³-hybridized carbons (Fsp3) is 0.400. The van der Waals surface area contributed by atoms with Crippen LogP contribution in [0.4, 0.5) is 5.69 Å². The molecule has 2 rings (SSSR count). The summed E-state index contributed by atoms with van der Waals surface area (Å²) in [6.07, 6.45) is 7.12. The Morgan fingerprint density at radius 1 is 1.24 bits per heavy atom. The minimum atomic E-state index is -3.12. The minimum absolute atomic E-state index is 0.199. The maximum atomic E-state index is 11.9. The van der Waals surface area contributed by atoms with Crippen LogP contribution in [0.1, 0.15) is 19.8 Å². The van der Waals surface area contributed by atoms with Gasteiger partial charge in [0.2, 0.25) is 0 Å². The molecule has 1 N–H and O–H groups in total. The summed E-state index contributed by atoms with van der Waals surface area (Å²) in [5.41, 5.74) is 0.941. The van der Waals surface area contributed by atoms with Gasteiger partial charge in [0.1, 0.15) is 0 Å². The lowest BCUT2D eigenvalue weighted by atomic mass is 10.3. The summed E-state index contributed by atoms with van der Waals surface area (Å²) in [7, 11) is -3.12. The summed E-state index contributed by atoms with van der Waals surface area (Å²) >= 11 is 0. The highest BCUT2D eigenvalue weighted by molar-refractivity contribution is 7.91. The standard InChI is InChI=1S/C15H21N3O2S/c1-2-12-21(19,20)15-6-4-14(5-7-15)17-8-3-10-18-11-9-16-13-18/h4-7,9,11,13,17H,2-3,8,10,12H2,1H3. The normalized spacial score (nSPS) is 11.5. The van der Waals surface area contributed by atoms with Gasteiger partial charge in [0, 0.05) is 31.2 Å². The molecule has 0 bridgehead atoms. The van der Waals surface area contributed by atoms with E-state index in [1.54, 1.807) is 24.7 Å². The van der Waals surface area contributed by atoms with E-state index in [4.69, 9.17) is 0 Å². The molecular weight excluding hydrogens is 286 g/mol. The van der Waals surface area contributed by atoms with Gasteiger partial charge in [-0.3, -0.25) is 0 Å². The van der Waals surface area contributed by atoms with Gasteiger partial charge in [-0.05, 0) is 37.1 Å². The molecule has 0 unspecified atom stereocenters. The Hall–Kier alpha value is -1.82. The molecule has 1 aromatic heterocycles. The van der Waals surface area contributed by atoms with E-state index >= 15 is 0 Å². The van der Waals surface area contributed by atoms with Crippen molar-refractivity contribution >= 4 is 15.5 Å². The Labute approximate surface area is 125 Å². The van der Waals surface area contributed by atoms with Gasteiger partial charge < -0.3 is 9.88 Å². The van der Waals surface area contributed by atoms with E-state index in [0.717, 1.165) is 25.2 Å². The molecule has 0 atom stereocenters. The van der Waals surface area contributed by atoms with Crippen molar-refractivity contribution in [1.29, 1.82) is 0 Å². The van der Waals surface area contributed by atoms with Crippen molar-refractivity contribution in [1.82, 2.24) is 9.55 Å². The third-order valence-electron chi connectivity index (χ3n) is 3.17. The Morgan fingerprint density at radius 3 is 2.62 bits per heavy atom. The van der Waals surface area contributed by atoms with Crippen molar-refractivity contribution in [2.45, 2.75) is 31.2 Å². The van der Waals surface area contributed by atoms with Crippen molar-refractivity contribution in [3.63, 3.8) is 0 Å². The molecule has 1 aromatic carbocycles. The lowest BCUT2D eigenvalue weighted by molar-refractivity contribution is 0.594. The maximum Gasteiger partial charge on any atom is 0.178 e. The monoisotopic (exact) mass is 307 g/mol. The van der Waals surface area contributed by atoms with Gasteiger partial charge in [0.15, 0.2) is 9.84 Å². The van der Waals surface area contributed by atoms with E-state index in [0.29, 0.717) is 11.3 Å². The van der Waals surface area contributed by atoms with Crippen molar-refractivity contribution in [3.8, 4) is 0 Å². The summed E-state index contributed by atoms with van der Waals surface area (Å²) in [6, 6.07) is 6.98. The van der Waals surface area contributed by atoms with E-state index in [1.807, 2.05) is 29.8 Å². The molecule has 0 fully saturated rings. The van der Waals surface area contributed by atoms with Crippen molar-refractivity contribution < 1.29 is 8.42 Å². The number of rotatable bonds is 8. The zero-order valence-corrected chi connectivity index (χ0v) is 13.0. The lowest BCUT2D eigenvalue weighted by Gasteiger charge is -2.08. The van der Waals surface area contributed by atoms with Gasteiger partial charge in [-0.25, -0.2) is 13.4 Å². The molecular formula is C15H21N3O2S. The molecule has 0 spiro atoms. The highest BCUT2D eigenvalue weighted by Gasteiger charge is 2.12. The number of imidazole rings is 1. The number of aromatic nitrogens is 2. The fourth-order valence-corrected chi connectivity index (χ4v) is 3.40. The van der Waals surface area contributed by atoms with E-state index in [9.17, 15) is 8.42 Å². The molecule has 1 heterocycles. The topological polar surface area (TPSA) is 64.0 Å². The van der Waals surface area contributed by atoms with Crippen LogP contribution in [0.15, 0.2) is 47.9 Å². The number of hydrogen-bond donors (Lipinski definition) is 1. The van der Waals surface area contributed by atoms with Gasteiger partial charge in [-0.15, -0.1) is 0 Å². The second-order valence-corrected chi connectivity index (χ2v) is 7.03. The van der Waals surface area contributed by atoms with Crippen molar-refractivity contribution in [2.24, 2.45) is 0 Å². The van der Waals surface area contributed by atoms with E-state index in [1.165, 1.54) is 0 Å². The quantitative estimate of drug-likeness (QED) is 0.761. The largest absolute Gasteiger partial charge is 0.385 e. The average Bonchev–Trinajstić information content (AvgIpc) is 2.97. The third-order valence-corrected chi connectivity index (χ3v) is 5.10. The highest BCUT2D eigenvalue weighted by atomic mass is 32.2. The zero-order valence-electron chi connectivity index (χ0n) is 12.2. The van der Waals surface area contributed by atoms with Crippen LogP contribution in [0.25, 0.3) is 0 Å². The molecule has 0 radical (unpaired) electrons. The number of nitrogens with one attached hydrogen (secondary N) is 1. The molecule has 0 saturated carbocycles. The number of anilines is 1. The summed E-state index contributed by atoms with van der Waals surface area (Å²) in [5, 5.41) is 3.29. The van der Waals surface area contributed by atoms with Gasteiger partial charge in [-0.1, -0.05) is 6.92 Å². The first-order valence-electron chi connectivity index (χ1n) is 7.14. The molecule has 0 aliphatic heterocycles. The summed E-state index contributed by atoms with van der Waals surface area (Å²) < 4.78 is 25.8. The zero-order chi connectivity index (χ0) is 15.1. The number of nitrogens with zero attached hydrogens (tertiary/aromatic N) is 2. The van der Waals surface area contributed by atoms with Crippen LogP contribution in [-0.2, 0) is 16.4 Å². The van der Waals surface area contributed by atoms with Crippen LogP contribution in [-0.4, -0.2) is 30.3 Å². The lowest BCUT2D eigenvalue weighted by Crippen LogP contribution is -2.07. The molecule has 0 aliphatic carbocycles. The molecule has 5 nitrogen and oxygen atoms in total. The Morgan fingerprint density at radius 2 is 2.00 bits per heavy atom. The first-order valence-corrected chi connectivity index (χ1v) is 8.79. The molecule has 2 aromatic rings. The summed E-state index contributed by atoms with van der Waals surface area (Å²) in [5.74, 6) is 0.199. The van der Waals surface area contributed by atoms with Crippen LogP contribution >= 0.6 is 0 Å². The molecule has 21 heavy (non-hydrogen) atoms. The molecule has 6 heteroatoms. The Kier molecular flexibility index (Phi) is 5.38. The van der Waals surface area contributed by atoms with Crippen molar-refractivity contribution in [2.75, 3.05) is 17.6 Å².